The molecule has 1 heterocycles. The van der Waals surface area contributed by atoms with Gasteiger partial charge in [-0.05, 0) is 40.8 Å². The molecule has 0 aromatic carbocycles. The lowest BCUT2D eigenvalue weighted by atomic mass is 10.1. The summed E-state index contributed by atoms with van der Waals surface area (Å²) in [6.07, 6.45) is 3.15. The first-order valence-electron chi connectivity index (χ1n) is 5.19. The van der Waals surface area contributed by atoms with E-state index in [0.717, 1.165) is 0 Å². The van der Waals surface area contributed by atoms with Gasteiger partial charge in [0.05, 0.1) is 12.2 Å². The normalized spacial score (nSPS) is 33.2. The zero-order valence-corrected chi connectivity index (χ0v) is 9.13. The lowest BCUT2D eigenvalue weighted by molar-refractivity contribution is 0.0131. The minimum Gasteiger partial charge on any atom is -0.372 e. The maximum Gasteiger partial charge on any atom is 0.0730 e. The number of hydrogen-bond donors (Lipinski definition) is 2. The molecule has 0 aromatic rings. The van der Waals surface area contributed by atoms with Gasteiger partial charge in [0.2, 0.25) is 0 Å². The second kappa shape index (κ2) is 4.94. The molecule has 2 N–H and O–H groups in total. The highest BCUT2D eigenvalue weighted by atomic mass is 16.5. The molecule has 0 aliphatic carbocycles. The van der Waals surface area contributed by atoms with E-state index in [9.17, 15) is 0 Å². The van der Waals surface area contributed by atoms with Gasteiger partial charge in [-0.1, -0.05) is 0 Å². The predicted molar refractivity (Wildman–Crippen MR) is 54.9 cm³/mol. The average Bonchev–Trinajstić information content (AvgIpc) is 2.64. The van der Waals surface area contributed by atoms with E-state index in [1.54, 1.807) is 0 Å². The Balaban J connectivity index is 2.35. The Hall–Kier alpha value is -0.120. The van der Waals surface area contributed by atoms with Crippen molar-refractivity contribution < 1.29 is 4.74 Å². The fraction of sp³-hybridized carbons (Fsp3) is 1.00. The van der Waals surface area contributed by atoms with Gasteiger partial charge in [-0.15, -0.1) is 0 Å². The molecule has 0 spiro atoms. The Morgan fingerprint density at radius 1 is 1.00 bits per heavy atom. The topological polar surface area (TPSA) is 33.3 Å². The van der Waals surface area contributed by atoms with Gasteiger partial charge >= 0.3 is 0 Å². The average molecular weight is 186 g/mol. The maximum atomic E-state index is 5.94. The summed E-state index contributed by atoms with van der Waals surface area (Å²) < 4.78 is 5.94. The fourth-order valence-electron chi connectivity index (χ4n) is 1.80. The second-order valence-corrected chi connectivity index (χ2v) is 3.95. The summed E-state index contributed by atoms with van der Waals surface area (Å²) in [5.41, 5.74) is 0. The zero-order chi connectivity index (χ0) is 9.84. The van der Waals surface area contributed by atoms with Crippen molar-refractivity contribution >= 4 is 0 Å². The molecule has 1 aliphatic rings. The molecule has 13 heavy (non-hydrogen) atoms. The molecule has 0 saturated carbocycles. The second-order valence-electron chi connectivity index (χ2n) is 3.95. The Morgan fingerprint density at radius 3 is 1.69 bits per heavy atom. The van der Waals surface area contributed by atoms with Crippen molar-refractivity contribution in [3.05, 3.63) is 0 Å². The third-order valence-electron chi connectivity index (χ3n) is 3.11. The van der Waals surface area contributed by atoms with Gasteiger partial charge in [0, 0.05) is 12.1 Å². The molecule has 78 valence electrons. The summed E-state index contributed by atoms with van der Waals surface area (Å²) >= 11 is 0. The molecule has 3 heteroatoms. The van der Waals surface area contributed by atoms with E-state index < -0.39 is 0 Å². The molecule has 0 radical (unpaired) electrons. The van der Waals surface area contributed by atoms with Gasteiger partial charge in [0.25, 0.3) is 0 Å². The van der Waals surface area contributed by atoms with E-state index in [0.29, 0.717) is 24.3 Å². The van der Waals surface area contributed by atoms with Crippen LogP contribution < -0.4 is 10.6 Å². The van der Waals surface area contributed by atoms with Crippen LogP contribution in [0.1, 0.15) is 26.7 Å². The molecule has 3 nitrogen and oxygen atoms in total. The number of rotatable bonds is 4. The quantitative estimate of drug-likeness (QED) is 0.680. The van der Waals surface area contributed by atoms with Crippen molar-refractivity contribution in [3.8, 4) is 0 Å². The number of nitrogens with one attached hydrogen (secondary N) is 2. The largest absolute Gasteiger partial charge is 0.372 e. The standard InChI is InChI=1S/C10H22N2O/c1-7(11-3)9-5-6-10(13-9)8(2)12-4/h7-12H,5-6H2,1-4H3. The van der Waals surface area contributed by atoms with Gasteiger partial charge in [0.1, 0.15) is 0 Å². The molecule has 1 rings (SSSR count). The summed E-state index contributed by atoms with van der Waals surface area (Å²) in [6.45, 7) is 4.36. The van der Waals surface area contributed by atoms with Gasteiger partial charge in [-0.3, -0.25) is 0 Å². The summed E-state index contributed by atoms with van der Waals surface area (Å²) in [5.74, 6) is 0. The monoisotopic (exact) mass is 186 g/mol. The van der Waals surface area contributed by atoms with Crippen molar-refractivity contribution in [2.45, 2.75) is 51.0 Å². The number of ether oxygens (including phenoxy) is 1. The molecule has 4 atom stereocenters. The summed E-state index contributed by atoms with van der Waals surface area (Å²) in [5, 5.41) is 6.48. The Bertz CT molecular complexity index is 136. The van der Waals surface area contributed by atoms with Crippen LogP contribution >= 0.6 is 0 Å². The Morgan fingerprint density at radius 2 is 1.38 bits per heavy atom. The Labute approximate surface area is 81.2 Å². The van der Waals surface area contributed by atoms with Crippen LogP contribution in [0.15, 0.2) is 0 Å². The van der Waals surface area contributed by atoms with Crippen LogP contribution in [0.4, 0.5) is 0 Å². The van der Waals surface area contributed by atoms with Crippen LogP contribution in [0, 0.1) is 0 Å². The van der Waals surface area contributed by atoms with Crippen LogP contribution in [0.3, 0.4) is 0 Å². The van der Waals surface area contributed by atoms with E-state index in [2.05, 4.69) is 24.5 Å². The van der Waals surface area contributed by atoms with Crippen LogP contribution in [-0.4, -0.2) is 38.4 Å². The third-order valence-corrected chi connectivity index (χ3v) is 3.11. The smallest absolute Gasteiger partial charge is 0.0730 e. The highest BCUT2D eigenvalue weighted by molar-refractivity contribution is 4.84. The minimum atomic E-state index is 0.394. The fourth-order valence-corrected chi connectivity index (χ4v) is 1.80. The Kier molecular flexibility index (Phi) is 4.16. The SMILES string of the molecule is CNC(C)C1CCC(C(C)NC)O1. The lowest BCUT2D eigenvalue weighted by Crippen LogP contribution is -2.39. The van der Waals surface area contributed by atoms with Crippen LogP contribution in [-0.2, 0) is 4.74 Å². The van der Waals surface area contributed by atoms with Crippen molar-refractivity contribution in [2.75, 3.05) is 14.1 Å². The first-order chi connectivity index (χ1) is 6.19. The summed E-state index contributed by atoms with van der Waals surface area (Å²) in [6, 6.07) is 0.933. The molecule has 4 unspecified atom stereocenters. The van der Waals surface area contributed by atoms with E-state index in [-0.39, 0.29) is 0 Å². The predicted octanol–water partition coefficient (Wildman–Crippen LogP) is 0.750. The minimum absolute atomic E-state index is 0.394. The van der Waals surface area contributed by atoms with Crippen molar-refractivity contribution in [1.29, 1.82) is 0 Å². The molecule has 1 fully saturated rings. The number of hydrogen-bond acceptors (Lipinski definition) is 3. The molecular weight excluding hydrogens is 164 g/mol. The van der Waals surface area contributed by atoms with E-state index in [1.165, 1.54) is 12.8 Å². The molecule has 0 bridgehead atoms. The van der Waals surface area contributed by atoms with E-state index >= 15 is 0 Å². The third kappa shape index (κ3) is 2.66. The van der Waals surface area contributed by atoms with Crippen LogP contribution in [0.5, 0.6) is 0 Å². The lowest BCUT2D eigenvalue weighted by Gasteiger charge is -2.22. The van der Waals surface area contributed by atoms with Gasteiger partial charge in [-0.2, -0.15) is 0 Å². The molecular formula is C10H22N2O. The summed E-state index contributed by atoms with van der Waals surface area (Å²) in [7, 11) is 3.98. The highest BCUT2D eigenvalue weighted by Crippen LogP contribution is 2.24. The van der Waals surface area contributed by atoms with Crippen molar-refractivity contribution in [2.24, 2.45) is 0 Å². The van der Waals surface area contributed by atoms with Gasteiger partial charge in [-0.25, -0.2) is 0 Å². The molecule has 0 aromatic heterocycles. The molecule has 1 saturated heterocycles. The zero-order valence-electron chi connectivity index (χ0n) is 9.13. The van der Waals surface area contributed by atoms with E-state index in [4.69, 9.17) is 4.74 Å². The van der Waals surface area contributed by atoms with Crippen molar-refractivity contribution in [3.63, 3.8) is 0 Å². The van der Waals surface area contributed by atoms with Crippen LogP contribution in [0.25, 0.3) is 0 Å². The van der Waals surface area contributed by atoms with E-state index in [1.807, 2.05) is 14.1 Å². The van der Waals surface area contributed by atoms with Gasteiger partial charge < -0.3 is 15.4 Å². The highest BCUT2D eigenvalue weighted by Gasteiger charge is 2.31. The molecule has 1 aliphatic heterocycles. The first kappa shape index (κ1) is 11.0. The van der Waals surface area contributed by atoms with Crippen LogP contribution in [0.2, 0.25) is 0 Å². The first-order valence-corrected chi connectivity index (χ1v) is 5.19. The number of likely N-dealkylation sites (N-methyl/N-ethyl adjacent to an activating group) is 2. The molecule has 0 amide bonds. The van der Waals surface area contributed by atoms with Gasteiger partial charge in [0.15, 0.2) is 0 Å². The maximum absolute atomic E-state index is 5.94. The van der Waals surface area contributed by atoms with Crippen molar-refractivity contribution in [1.82, 2.24) is 10.6 Å². The summed E-state index contributed by atoms with van der Waals surface area (Å²) in [4.78, 5) is 0.